The van der Waals surface area contributed by atoms with Crippen LogP contribution in [0.5, 0.6) is 0 Å². The molecule has 1 atom stereocenters. The van der Waals surface area contributed by atoms with Gasteiger partial charge in [-0.05, 0) is 48.7 Å². The van der Waals surface area contributed by atoms with E-state index in [9.17, 15) is 45.4 Å². The normalized spacial score (nSPS) is 15.5. The number of hydrogen-bond acceptors (Lipinski definition) is 7. The van der Waals surface area contributed by atoms with Gasteiger partial charge >= 0.3 is 0 Å². The van der Waals surface area contributed by atoms with E-state index < -0.39 is 96.0 Å². The Labute approximate surface area is 278 Å². The van der Waals surface area contributed by atoms with E-state index in [1.54, 1.807) is 0 Å². The highest BCUT2D eigenvalue weighted by Gasteiger charge is 2.55. The minimum absolute atomic E-state index is 0.000825. The molecule has 2 N–H and O–H groups in total. The number of aliphatic hydroxyl groups is 1. The zero-order chi connectivity index (χ0) is 36.5. The molecule has 0 saturated heterocycles. The van der Waals surface area contributed by atoms with E-state index >= 15 is 8.78 Å². The number of alkyl halides is 6. The Balaban J connectivity index is 1.62. The van der Waals surface area contributed by atoms with Crippen LogP contribution in [-0.4, -0.2) is 49.6 Å². The lowest BCUT2D eigenvalue weighted by Gasteiger charge is -2.29. The Morgan fingerprint density at radius 2 is 1.66 bits per heavy atom. The third-order valence-corrected chi connectivity index (χ3v) is 8.11. The molecule has 2 aromatic heterocycles. The Hall–Kier alpha value is -4.80. The van der Waals surface area contributed by atoms with Crippen molar-refractivity contribution in [2.24, 2.45) is 0 Å². The molecule has 0 aliphatic heterocycles. The van der Waals surface area contributed by atoms with Gasteiger partial charge in [0.05, 0.1) is 23.4 Å². The second kappa shape index (κ2) is 14.2. The number of hydrogen-bond donors (Lipinski definition) is 2. The summed E-state index contributed by atoms with van der Waals surface area (Å²) in [7, 11) is 0. The third kappa shape index (κ3) is 7.66. The van der Waals surface area contributed by atoms with Gasteiger partial charge in [-0.3, -0.25) is 14.3 Å². The van der Waals surface area contributed by atoms with Crippen LogP contribution in [0.4, 0.5) is 45.5 Å². The van der Waals surface area contributed by atoms with Crippen LogP contribution in [0.3, 0.4) is 0 Å². The molecule has 4 aromatic rings. The maximum absolute atomic E-state index is 15.0. The minimum Gasteiger partial charge on any atom is -0.395 e. The van der Waals surface area contributed by atoms with Crippen molar-refractivity contribution in [2.75, 3.05) is 18.5 Å². The highest BCUT2D eigenvalue weighted by molar-refractivity contribution is 5.95. The van der Waals surface area contributed by atoms with Gasteiger partial charge in [0.1, 0.15) is 35.4 Å². The fourth-order valence-corrected chi connectivity index (χ4v) is 5.97. The number of anilines is 1. The molecule has 0 spiro atoms. The molecule has 0 bridgehead atoms. The zero-order valence-electron chi connectivity index (χ0n) is 26.1. The Bertz CT molecular complexity index is 1910. The number of aromatic nitrogens is 4. The molecule has 0 unspecified atom stereocenters. The lowest BCUT2D eigenvalue weighted by atomic mass is 9.86. The second-order valence-corrected chi connectivity index (χ2v) is 11.8. The standard InChI is InChI=1S/C33H28F9N5O3/c1-16(49)23-12-18(2-3-25(23)36)24-14-44-31(43-6-7-48)45-27(24)19(8-17-9-20(34)13-21(35)10-17)11-22(50)15-47-29-26(28(46-47)30(37)38)32(39,40)4-5-33(29,41)42/h2-3,9-10,12-14,19,30,48H,4-8,11,15H2,1H3,(H,43,44,45)/t19-/m1/s1. The van der Waals surface area contributed by atoms with Crippen molar-refractivity contribution < 1.29 is 54.2 Å². The molecule has 0 fully saturated rings. The summed E-state index contributed by atoms with van der Waals surface area (Å²) in [5.74, 6) is -13.8. The number of fused-ring (bicyclic) bond motifs is 1. The predicted octanol–water partition coefficient (Wildman–Crippen LogP) is 7.26. The lowest BCUT2D eigenvalue weighted by molar-refractivity contribution is -0.121. The highest BCUT2D eigenvalue weighted by Crippen LogP contribution is 2.52. The summed E-state index contributed by atoms with van der Waals surface area (Å²) in [5.41, 5.74) is -4.78. The number of rotatable bonds is 13. The van der Waals surface area contributed by atoms with Crippen LogP contribution in [-0.2, 0) is 29.6 Å². The molecule has 2 heterocycles. The van der Waals surface area contributed by atoms with E-state index in [0.29, 0.717) is 6.07 Å². The summed E-state index contributed by atoms with van der Waals surface area (Å²) in [6.45, 7) is -0.439. The van der Waals surface area contributed by atoms with Gasteiger partial charge in [0, 0.05) is 49.6 Å². The number of carbonyl (C=O) groups is 2. The Kier molecular flexibility index (Phi) is 10.4. The quantitative estimate of drug-likeness (QED) is 0.111. The van der Waals surface area contributed by atoms with E-state index in [1.165, 1.54) is 18.3 Å². The minimum atomic E-state index is -4.07. The van der Waals surface area contributed by atoms with E-state index in [0.717, 1.165) is 25.1 Å². The van der Waals surface area contributed by atoms with Crippen LogP contribution < -0.4 is 5.32 Å². The average molecular weight is 714 g/mol. The second-order valence-electron chi connectivity index (χ2n) is 11.8. The topological polar surface area (TPSA) is 110 Å². The zero-order valence-corrected chi connectivity index (χ0v) is 26.1. The SMILES string of the molecule is CC(=O)c1cc(-c2cnc(NCCO)nc2[C@@H](CC(=O)Cn2nc(C(F)F)c3c2C(F)(F)CCC3(F)F)Cc2cc(F)cc(F)c2)ccc1F. The van der Waals surface area contributed by atoms with Crippen molar-refractivity contribution in [2.45, 2.75) is 63.3 Å². The predicted molar refractivity (Wildman–Crippen MR) is 160 cm³/mol. The van der Waals surface area contributed by atoms with Crippen molar-refractivity contribution >= 4 is 17.5 Å². The summed E-state index contributed by atoms with van der Waals surface area (Å²) in [5, 5.41) is 15.3. The number of halogens is 9. The van der Waals surface area contributed by atoms with Gasteiger partial charge in [-0.1, -0.05) is 6.07 Å². The molecule has 5 rings (SSSR count). The van der Waals surface area contributed by atoms with E-state index in [1.807, 2.05) is 0 Å². The van der Waals surface area contributed by atoms with Crippen LogP contribution in [0.15, 0.2) is 42.6 Å². The fourth-order valence-electron chi connectivity index (χ4n) is 5.97. The Morgan fingerprint density at radius 1 is 0.980 bits per heavy atom. The molecular weight excluding hydrogens is 685 g/mol. The summed E-state index contributed by atoms with van der Waals surface area (Å²) in [6.07, 6.45) is -6.28. The molecule has 266 valence electrons. The summed E-state index contributed by atoms with van der Waals surface area (Å²) < 4.78 is 130. The summed E-state index contributed by atoms with van der Waals surface area (Å²) >= 11 is 0. The van der Waals surface area contributed by atoms with Crippen LogP contribution in [0, 0.1) is 17.5 Å². The van der Waals surface area contributed by atoms with Gasteiger partial charge in [-0.15, -0.1) is 0 Å². The molecule has 0 radical (unpaired) electrons. The van der Waals surface area contributed by atoms with Gasteiger partial charge in [0.15, 0.2) is 11.6 Å². The molecule has 17 heteroatoms. The first kappa shape index (κ1) is 36.5. The van der Waals surface area contributed by atoms with Gasteiger partial charge in [0.2, 0.25) is 5.95 Å². The molecule has 8 nitrogen and oxygen atoms in total. The molecule has 1 aliphatic carbocycles. The largest absolute Gasteiger partial charge is 0.395 e. The maximum Gasteiger partial charge on any atom is 0.290 e. The maximum atomic E-state index is 15.0. The van der Waals surface area contributed by atoms with Crippen molar-refractivity contribution in [3.05, 3.63) is 93.8 Å². The summed E-state index contributed by atoms with van der Waals surface area (Å²) in [6, 6.07) is 5.96. The molecule has 2 aromatic carbocycles. The number of ketones is 2. The first-order chi connectivity index (χ1) is 23.5. The number of nitrogens with one attached hydrogen (secondary N) is 1. The highest BCUT2D eigenvalue weighted by atomic mass is 19.3. The lowest BCUT2D eigenvalue weighted by Crippen LogP contribution is -2.33. The van der Waals surface area contributed by atoms with E-state index in [-0.39, 0.29) is 58.2 Å². The van der Waals surface area contributed by atoms with Crippen LogP contribution in [0.25, 0.3) is 11.1 Å². The van der Waals surface area contributed by atoms with Crippen molar-refractivity contribution in [1.29, 1.82) is 0 Å². The van der Waals surface area contributed by atoms with Crippen molar-refractivity contribution in [3.8, 4) is 11.1 Å². The number of Topliss-reactive ketones (excluding diaryl/α,β-unsaturated/α-hetero) is 2. The van der Waals surface area contributed by atoms with Gasteiger partial charge < -0.3 is 10.4 Å². The number of nitrogens with zero attached hydrogens (tertiary/aromatic N) is 4. The first-order valence-corrected chi connectivity index (χ1v) is 15.2. The molecule has 0 saturated carbocycles. The van der Waals surface area contributed by atoms with Gasteiger partial charge in [-0.25, -0.2) is 40.7 Å². The summed E-state index contributed by atoms with van der Waals surface area (Å²) in [4.78, 5) is 34.3. The molecule has 50 heavy (non-hydrogen) atoms. The van der Waals surface area contributed by atoms with Crippen molar-refractivity contribution in [1.82, 2.24) is 19.7 Å². The number of benzene rings is 2. The Morgan fingerprint density at radius 3 is 2.30 bits per heavy atom. The van der Waals surface area contributed by atoms with Crippen molar-refractivity contribution in [3.63, 3.8) is 0 Å². The molecule has 0 amide bonds. The average Bonchev–Trinajstić information content (AvgIpc) is 3.43. The monoisotopic (exact) mass is 713 g/mol. The van der Waals surface area contributed by atoms with E-state index in [2.05, 4.69) is 20.4 Å². The van der Waals surface area contributed by atoms with Crippen LogP contribution >= 0.6 is 0 Å². The van der Waals surface area contributed by atoms with Crippen LogP contribution in [0.1, 0.15) is 77.1 Å². The molecule has 1 aliphatic rings. The fraction of sp³-hybridized carbons (Fsp3) is 0.364. The smallest absolute Gasteiger partial charge is 0.290 e. The third-order valence-electron chi connectivity index (χ3n) is 8.11. The van der Waals surface area contributed by atoms with E-state index in [4.69, 9.17) is 0 Å². The molecular formula is C33H28F9N5O3. The van der Waals surface area contributed by atoms with Gasteiger partial charge in [-0.2, -0.15) is 13.9 Å². The van der Waals surface area contributed by atoms with Gasteiger partial charge in [0.25, 0.3) is 18.3 Å². The first-order valence-electron chi connectivity index (χ1n) is 15.2. The number of aliphatic hydroxyl groups excluding tert-OH is 1. The number of carbonyl (C=O) groups excluding carboxylic acids is 2. The van der Waals surface area contributed by atoms with Crippen LogP contribution in [0.2, 0.25) is 0 Å².